The molecule has 2 aliphatic heterocycles. The van der Waals surface area contributed by atoms with Crippen molar-refractivity contribution in [1.82, 2.24) is 5.32 Å². The van der Waals surface area contributed by atoms with Crippen LogP contribution in [0.5, 0.6) is 0 Å². The van der Waals surface area contributed by atoms with E-state index in [-0.39, 0.29) is 0 Å². The number of aliphatic hydroxyl groups excluding tert-OH is 7. The maximum atomic E-state index is 10.9. The molecule has 0 saturated carbocycles. The molecule has 0 unspecified atom stereocenters. The van der Waals surface area contributed by atoms with Crippen LogP contribution in [0.3, 0.4) is 0 Å². The smallest absolute Gasteiger partial charge is 0.314 e. The Morgan fingerprint density at radius 2 is 1.50 bits per heavy atom. The molecule has 2 fully saturated rings. The standard InChI is InChI=1S/C13H24N2O11/c14-13(23)15-11-8(21)7(20)10(4(2-17)24-11)26-12-9(22)6(19)5(18)3(1-16)25-12/h3-12,16-22H,1-2H2,(H3,14,15,23)/t3-,4-,5+,6+,7+,8-,9-,10-,11-,12+/m1/s1/i13+1. The molecule has 0 aromatic carbocycles. The Kier molecular flexibility index (Phi) is 7.09. The molecule has 2 amide bonds. The number of aliphatic hydroxyl groups is 7. The summed E-state index contributed by atoms with van der Waals surface area (Å²) in [5.41, 5.74) is 4.93. The molecule has 13 nitrogen and oxygen atoms in total. The number of hydrogen-bond donors (Lipinski definition) is 9. The quantitative estimate of drug-likeness (QED) is 0.203. The van der Waals surface area contributed by atoms with E-state index in [1.54, 1.807) is 0 Å². The van der Waals surface area contributed by atoms with Crippen molar-refractivity contribution >= 4 is 6.03 Å². The van der Waals surface area contributed by atoms with Crippen molar-refractivity contribution < 1.29 is 54.8 Å². The third kappa shape index (κ3) is 4.23. The monoisotopic (exact) mass is 385 g/mol. The molecular weight excluding hydrogens is 361 g/mol. The van der Waals surface area contributed by atoms with Gasteiger partial charge in [0.1, 0.15) is 48.8 Å². The van der Waals surface area contributed by atoms with Gasteiger partial charge in [0.15, 0.2) is 12.5 Å². The highest BCUT2D eigenvalue weighted by molar-refractivity contribution is 5.71. The summed E-state index contributed by atoms with van der Waals surface area (Å²) in [6, 6.07) is -1.04. The Hall–Kier alpha value is -1.13. The molecule has 0 aliphatic carbocycles. The molecule has 2 saturated heterocycles. The second kappa shape index (κ2) is 8.71. The van der Waals surface area contributed by atoms with Gasteiger partial charge in [0.2, 0.25) is 0 Å². The molecule has 0 radical (unpaired) electrons. The normalized spacial score (nSPS) is 46.7. The first kappa shape index (κ1) is 21.2. The molecule has 0 aromatic heterocycles. The van der Waals surface area contributed by atoms with Crippen LogP contribution in [-0.4, -0.2) is 116 Å². The van der Waals surface area contributed by atoms with Gasteiger partial charge in [-0.2, -0.15) is 0 Å². The molecule has 2 rings (SSSR count). The van der Waals surface area contributed by atoms with E-state index in [0.29, 0.717) is 0 Å². The summed E-state index contributed by atoms with van der Waals surface area (Å²) in [7, 11) is 0. The molecular formula is C13H24N2O11. The van der Waals surface area contributed by atoms with E-state index in [2.05, 4.69) is 0 Å². The lowest BCUT2D eigenvalue weighted by Gasteiger charge is -2.46. The molecule has 0 aromatic rings. The minimum atomic E-state index is -1.75. The molecule has 0 spiro atoms. The van der Waals surface area contributed by atoms with E-state index in [1.807, 2.05) is 5.32 Å². The number of nitrogens with one attached hydrogen (secondary N) is 1. The van der Waals surface area contributed by atoms with Crippen molar-refractivity contribution in [3.8, 4) is 0 Å². The van der Waals surface area contributed by atoms with Gasteiger partial charge in [0.05, 0.1) is 13.2 Å². The van der Waals surface area contributed by atoms with Crippen LogP contribution in [0.2, 0.25) is 0 Å². The largest absolute Gasteiger partial charge is 0.394 e. The van der Waals surface area contributed by atoms with Gasteiger partial charge < -0.3 is 61.0 Å². The van der Waals surface area contributed by atoms with Gasteiger partial charge in [0, 0.05) is 0 Å². The average molecular weight is 385 g/mol. The van der Waals surface area contributed by atoms with Gasteiger partial charge in [-0.15, -0.1) is 0 Å². The van der Waals surface area contributed by atoms with Crippen LogP contribution >= 0.6 is 0 Å². The van der Waals surface area contributed by atoms with Crippen LogP contribution < -0.4 is 11.1 Å². The number of urea groups is 1. The first-order valence-corrected chi connectivity index (χ1v) is 7.85. The number of primary amides is 1. The van der Waals surface area contributed by atoms with E-state index in [1.165, 1.54) is 0 Å². The van der Waals surface area contributed by atoms with Gasteiger partial charge >= 0.3 is 6.03 Å². The van der Waals surface area contributed by atoms with Crippen LogP contribution in [0, 0.1) is 0 Å². The summed E-state index contributed by atoms with van der Waals surface area (Å²) in [6.45, 7) is -1.39. The Balaban J connectivity index is 2.12. The van der Waals surface area contributed by atoms with Gasteiger partial charge in [-0.05, 0) is 0 Å². The van der Waals surface area contributed by atoms with Crippen LogP contribution in [0.1, 0.15) is 0 Å². The minimum absolute atomic E-state index is 0.689. The minimum Gasteiger partial charge on any atom is -0.394 e. The third-order valence-electron chi connectivity index (χ3n) is 4.29. The summed E-state index contributed by atoms with van der Waals surface area (Å²) >= 11 is 0. The zero-order valence-electron chi connectivity index (χ0n) is 13.5. The fraction of sp³-hybridized carbons (Fsp3) is 0.923. The molecule has 2 heterocycles. The summed E-state index contributed by atoms with van der Waals surface area (Å²) < 4.78 is 15.7. The predicted molar refractivity (Wildman–Crippen MR) is 79.1 cm³/mol. The second-order valence-electron chi connectivity index (χ2n) is 6.07. The van der Waals surface area contributed by atoms with Crippen molar-refractivity contribution in [3.63, 3.8) is 0 Å². The van der Waals surface area contributed by atoms with Crippen LogP contribution in [-0.2, 0) is 14.2 Å². The number of amides is 2. The first-order valence-electron chi connectivity index (χ1n) is 7.85. The van der Waals surface area contributed by atoms with Crippen molar-refractivity contribution in [1.29, 1.82) is 0 Å². The molecule has 10 atom stereocenters. The summed E-state index contributed by atoms with van der Waals surface area (Å²) in [5.74, 6) is 0. The van der Waals surface area contributed by atoms with E-state index in [9.17, 15) is 35.4 Å². The molecule has 2 aliphatic rings. The lowest BCUT2D eigenvalue weighted by Crippen LogP contribution is -2.66. The van der Waals surface area contributed by atoms with Crippen molar-refractivity contribution in [2.45, 2.75) is 61.3 Å². The van der Waals surface area contributed by atoms with Crippen LogP contribution in [0.4, 0.5) is 4.79 Å². The van der Waals surface area contributed by atoms with E-state index < -0.39 is 80.6 Å². The molecule has 0 bridgehead atoms. The Labute approximate surface area is 147 Å². The van der Waals surface area contributed by atoms with Gasteiger partial charge in [0.25, 0.3) is 0 Å². The average Bonchev–Trinajstić information content (AvgIpc) is 2.60. The van der Waals surface area contributed by atoms with Crippen LogP contribution in [0.15, 0.2) is 0 Å². The van der Waals surface area contributed by atoms with E-state index in [0.717, 1.165) is 0 Å². The number of ether oxygens (including phenoxy) is 3. The van der Waals surface area contributed by atoms with E-state index in [4.69, 9.17) is 25.1 Å². The highest BCUT2D eigenvalue weighted by atomic mass is 16.7. The number of rotatable bonds is 5. The maximum absolute atomic E-state index is 10.9. The third-order valence-corrected chi connectivity index (χ3v) is 4.29. The van der Waals surface area contributed by atoms with Crippen molar-refractivity contribution in [3.05, 3.63) is 0 Å². The Bertz CT molecular complexity index is 479. The second-order valence-corrected chi connectivity index (χ2v) is 6.07. The zero-order valence-corrected chi connectivity index (χ0v) is 13.5. The molecule has 152 valence electrons. The van der Waals surface area contributed by atoms with Gasteiger partial charge in [-0.1, -0.05) is 0 Å². The van der Waals surface area contributed by atoms with Crippen molar-refractivity contribution in [2.75, 3.05) is 13.2 Å². The molecule has 13 heteroatoms. The lowest BCUT2D eigenvalue weighted by atomic mass is 9.96. The highest BCUT2D eigenvalue weighted by Gasteiger charge is 2.50. The topological polar surface area (TPSA) is 224 Å². The van der Waals surface area contributed by atoms with Gasteiger partial charge in [-0.25, -0.2) is 4.79 Å². The lowest BCUT2D eigenvalue weighted by molar-refractivity contribution is -0.342. The number of hydrogen-bond acceptors (Lipinski definition) is 11. The number of nitrogens with two attached hydrogens (primary N) is 1. The fourth-order valence-corrected chi connectivity index (χ4v) is 2.85. The number of carbonyl (C=O) groups is 1. The summed E-state index contributed by atoms with van der Waals surface area (Å²) in [5, 5.41) is 70.3. The predicted octanol–water partition coefficient (Wildman–Crippen LogP) is -5.72. The SMILES string of the molecule is N[13C](=O)N[C@@H]1O[C@H](CO)[C@@H](O[C@@H]2O[C@H](CO)[C@H](O)[C@H](O)[C@H]2O)[C@@H](O)[C@H]1O. The van der Waals surface area contributed by atoms with E-state index >= 15 is 0 Å². The summed E-state index contributed by atoms with van der Waals surface area (Å²) in [6.07, 6.45) is -15.5. The Morgan fingerprint density at radius 3 is 2.04 bits per heavy atom. The number of carbonyl (C=O) groups excluding carboxylic acids is 1. The fourth-order valence-electron chi connectivity index (χ4n) is 2.85. The molecule has 10 N–H and O–H groups in total. The Morgan fingerprint density at radius 1 is 0.885 bits per heavy atom. The first-order chi connectivity index (χ1) is 12.2. The van der Waals surface area contributed by atoms with Crippen molar-refractivity contribution in [2.24, 2.45) is 5.73 Å². The van der Waals surface area contributed by atoms with Crippen LogP contribution in [0.25, 0.3) is 0 Å². The highest BCUT2D eigenvalue weighted by Crippen LogP contribution is 2.28. The van der Waals surface area contributed by atoms with Gasteiger partial charge in [-0.3, -0.25) is 0 Å². The summed E-state index contributed by atoms with van der Waals surface area (Å²) in [4.78, 5) is 10.9. The zero-order chi connectivity index (χ0) is 19.6. The molecule has 26 heavy (non-hydrogen) atoms. The maximum Gasteiger partial charge on any atom is 0.314 e.